The number of nitrogens with two attached hydrogens (primary N) is 1. The van der Waals surface area contributed by atoms with Crippen molar-refractivity contribution in [3.8, 4) is 5.75 Å². The van der Waals surface area contributed by atoms with Gasteiger partial charge in [0, 0.05) is 18.7 Å². The van der Waals surface area contributed by atoms with Gasteiger partial charge in [0.15, 0.2) is 0 Å². The van der Waals surface area contributed by atoms with E-state index in [4.69, 9.17) is 10.5 Å². The minimum Gasteiger partial charge on any atom is -0.496 e. The molecule has 110 valence electrons. The fourth-order valence-electron chi connectivity index (χ4n) is 2.08. The average molecular weight is 284 g/mol. The second-order valence-electron chi connectivity index (χ2n) is 4.79. The quantitative estimate of drug-likeness (QED) is 0.853. The summed E-state index contributed by atoms with van der Waals surface area (Å²) in [6.07, 6.45) is 0.361. The van der Waals surface area contributed by atoms with Gasteiger partial charge in [-0.25, -0.2) is 0 Å². The number of amides is 1. The summed E-state index contributed by atoms with van der Waals surface area (Å²) in [4.78, 5) is 12.0. The molecule has 0 aliphatic heterocycles. The Kier molecular flexibility index (Phi) is 5.35. The smallest absolute Gasteiger partial charge is 0.224 e. The zero-order valence-corrected chi connectivity index (χ0v) is 12.1. The van der Waals surface area contributed by atoms with Gasteiger partial charge in [-0.05, 0) is 17.2 Å². The van der Waals surface area contributed by atoms with Crippen molar-refractivity contribution >= 4 is 5.91 Å². The van der Waals surface area contributed by atoms with Gasteiger partial charge >= 0.3 is 0 Å². The van der Waals surface area contributed by atoms with Crippen molar-refractivity contribution in [2.75, 3.05) is 7.11 Å². The van der Waals surface area contributed by atoms with Gasteiger partial charge in [-0.1, -0.05) is 42.5 Å². The summed E-state index contributed by atoms with van der Waals surface area (Å²) in [5, 5.41) is 2.91. The summed E-state index contributed by atoms with van der Waals surface area (Å²) < 4.78 is 5.26. The third kappa shape index (κ3) is 4.33. The minimum absolute atomic E-state index is 0.0126. The number of ether oxygens (including phenoxy) is 1. The van der Waals surface area contributed by atoms with Crippen molar-refractivity contribution in [2.24, 2.45) is 5.73 Å². The molecule has 2 aromatic rings. The molecule has 0 aromatic heterocycles. The van der Waals surface area contributed by atoms with Crippen LogP contribution in [0.25, 0.3) is 0 Å². The average Bonchev–Trinajstić information content (AvgIpc) is 2.54. The first-order valence-corrected chi connectivity index (χ1v) is 6.89. The lowest BCUT2D eigenvalue weighted by Gasteiger charge is -2.09. The molecule has 4 heteroatoms. The normalized spacial score (nSPS) is 10.2. The standard InChI is InChI=1S/C17H20N2O2/c1-21-16-5-3-2-4-15(16)12-19-17(20)10-13-6-8-14(11-18)9-7-13/h2-9H,10-12,18H2,1H3,(H,19,20). The van der Waals surface area contributed by atoms with Crippen LogP contribution in [0.15, 0.2) is 48.5 Å². The molecule has 4 nitrogen and oxygen atoms in total. The van der Waals surface area contributed by atoms with Crippen LogP contribution in [0.1, 0.15) is 16.7 Å². The number of carbonyl (C=O) groups excluding carboxylic acids is 1. The Labute approximate surface area is 124 Å². The first-order chi connectivity index (χ1) is 10.2. The van der Waals surface area contributed by atoms with Gasteiger partial charge < -0.3 is 15.8 Å². The molecule has 0 spiro atoms. The van der Waals surface area contributed by atoms with Crippen LogP contribution in [0.5, 0.6) is 5.75 Å². The van der Waals surface area contributed by atoms with Crippen LogP contribution in [0.2, 0.25) is 0 Å². The number of para-hydroxylation sites is 1. The van der Waals surface area contributed by atoms with E-state index in [1.807, 2.05) is 48.5 Å². The van der Waals surface area contributed by atoms with Gasteiger partial charge in [0.05, 0.1) is 13.5 Å². The summed E-state index contributed by atoms with van der Waals surface area (Å²) in [6, 6.07) is 15.4. The van der Waals surface area contributed by atoms with E-state index < -0.39 is 0 Å². The molecule has 0 saturated carbocycles. The molecule has 21 heavy (non-hydrogen) atoms. The predicted molar refractivity (Wildman–Crippen MR) is 82.9 cm³/mol. The second-order valence-corrected chi connectivity index (χ2v) is 4.79. The number of carbonyl (C=O) groups is 1. The molecule has 2 rings (SSSR count). The molecule has 0 heterocycles. The molecule has 3 N–H and O–H groups in total. The Morgan fingerprint density at radius 3 is 2.43 bits per heavy atom. The van der Waals surface area contributed by atoms with Gasteiger partial charge in [0.25, 0.3) is 0 Å². The Balaban J connectivity index is 1.89. The van der Waals surface area contributed by atoms with Crippen LogP contribution in [-0.4, -0.2) is 13.0 Å². The summed E-state index contributed by atoms with van der Waals surface area (Å²) in [5.74, 6) is 0.770. The van der Waals surface area contributed by atoms with Gasteiger partial charge in [-0.2, -0.15) is 0 Å². The molecule has 0 bridgehead atoms. The lowest BCUT2D eigenvalue weighted by Crippen LogP contribution is -2.24. The number of rotatable bonds is 6. The SMILES string of the molecule is COc1ccccc1CNC(=O)Cc1ccc(CN)cc1. The first-order valence-electron chi connectivity index (χ1n) is 6.89. The number of hydrogen-bond acceptors (Lipinski definition) is 3. The lowest BCUT2D eigenvalue weighted by molar-refractivity contribution is -0.120. The second kappa shape index (κ2) is 7.45. The maximum Gasteiger partial charge on any atom is 0.224 e. The largest absolute Gasteiger partial charge is 0.496 e. The number of benzene rings is 2. The van der Waals surface area contributed by atoms with E-state index in [1.54, 1.807) is 7.11 Å². The molecular weight excluding hydrogens is 264 g/mol. The third-order valence-corrected chi connectivity index (χ3v) is 3.29. The van der Waals surface area contributed by atoms with Gasteiger partial charge in [-0.3, -0.25) is 4.79 Å². The minimum atomic E-state index is -0.0126. The van der Waals surface area contributed by atoms with E-state index in [0.717, 1.165) is 22.4 Å². The summed E-state index contributed by atoms with van der Waals surface area (Å²) in [5.41, 5.74) is 8.55. The molecular formula is C17H20N2O2. The van der Waals surface area contributed by atoms with Crippen LogP contribution >= 0.6 is 0 Å². The molecule has 0 fully saturated rings. The maximum absolute atomic E-state index is 12.0. The zero-order valence-electron chi connectivity index (χ0n) is 12.1. The van der Waals surface area contributed by atoms with E-state index >= 15 is 0 Å². The Bertz CT molecular complexity index is 594. The van der Waals surface area contributed by atoms with Crippen molar-refractivity contribution in [1.82, 2.24) is 5.32 Å². The summed E-state index contributed by atoms with van der Waals surface area (Å²) in [6.45, 7) is 0.976. The predicted octanol–water partition coefficient (Wildman–Crippen LogP) is 2.01. The van der Waals surface area contributed by atoms with Crippen molar-refractivity contribution in [2.45, 2.75) is 19.5 Å². The highest BCUT2D eigenvalue weighted by atomic mass is 16.5. The Morgan fingerprint density at radius 2 is 1.76 bits per heavy atom. The van der Waals surface area contributed by atoms with E-state index in [-0.39, 0.29) is 5.91 Å². The van der Waals surface area contributed by atoms with Gasteiger partial charge in [-0.15, -0.1) is 0 Å². The van der Waals surface area contributed by atoms with E-state index in [9.17, 15) is 4.79 Å². The van der Waals surface area contributed by atoms with Gasteiger partial charge in [0.1, 0.15) is 5.75 Å². The fraction of sp³-hybridized carbons (Fsp3) is 0.235. The summed E-state index contributed by atoms with van der Waals surface area (Å²) >= 11 is 0. The lowest BCUT2D eigenvalue weighted by atomic mass is 10.1. The number of nitrogens with one attached hydrogen (secondary N) is 1. The molecule has 0 radical (unpaired) electrons. The number of hydrogen-bond donors (Lipinski definition) is 2. The molecule has 0 saturated heterocycles. The monoisotopic (exact) mass is 284 g/mol. The van der Waals surface area contributed by atoms with Crippen LogP contribution in [0.3, 0.4) is 0 Å². The van der Waals surface area contributed by atoms with Crippen molar-refractivity contribution < 1.29 is 9.53 Å². The van der Waals surface area contributed by atoms with Crippen LogP contribution in [-0.2, 0) is 24.3 Å². The zero-order chi connectivity index (χ0) is 15.1. The van der Waals surface area contributed by atoms with E-state index in [2.05, 4.69) is 5.32 Å². The molecule has 0 aliphatic rings. The highest BCUT2D eigenvalue weighted by molar-refractivity contribution is 5.78. The topological polar surface area (TPSA) is 64.3 Å². The van der Waals surface area contributed by atoms with Crippen LogP contribution in [0, 0.1) is 0 Å². The van der Waals surface area contributed by atoms with Crippen LogP contribution in [0.4, 0.5) is 0 Å². The molecule has 1 amide bonds. The van der Waals surface area contributed by atoms with E-state index in [1.165, 1.54) is 0 Å². The summed E-state index contributed by atoms with van der Waals surface area (Å²) in [7, 11) is 1.62. The number of methoxy groups -OCH3 is 1. The highest BCUT2D eigenvalue weighted by Gasteiger charge is 2.06. The van der Waals surface area contributed by atoms with Crippen LogP contribution < -0.4 is 15.8 Å². The Morgan fingerprint density at radius 1 is 1.10 bits per heavy atom. The Hall–Kier alpha value is -2.33. The van der Waals surface area contributed by atoms with Crippen molar-refractivity contribution in [3.05, 3.63) is 65.2 Å². The molecule has 0 unspecified atom stereocenters. The highest BCUT2D eigenvalue weighted by Crippen LogP contribution is 2.16. The third-order valence-electron chi connectivity index (χ3n) is 3.29. The fourth-order valence-corrected chi connectivity index (χ4v) is 2.08. The van der Waals surface area contributed by atoms with E-state index in [0.29, 0.717) is 19.5 Å². The van der Waals surface area contributed by atoms with Crippen molar-refractivity contribution in [1.29, 1.82) is 0 Å². The first kappa shape index (κ1) is 15.1. The molecule has 2 aromatic carbocycles. The molecule has 0 aliphatic carbocycles. The molecule has 0 atom stereocenters. The maximum atomic E-state index is 12.0. The van der Waals surface area contributed by atoms with Gasteiger partial charge in [0.2, 0.25) is 5.91 Å². The van der Waals surface area contributed by atoms with Crippen molar-refractivity contribution in [3.63, 3.8) is 0 Å².